The van der Waals surface area contributed by atoms with Crippen LogP contribution in [0.15, 0.2) is 18.2 Å². The maximum Gasteiger partial charge on any atom is 0.416 e. The zero-order valence-electron chi connectivity index (χ0n) is 9.99. The Bertz CT molecular complexity index is 463. The Morgan fingerprint density at radius 1 is 1.53 bits per heavy atom. The summed E-state index contributed by atoms with van der Waals surface area (Å²) < 4.78 is 41.0. The second kappa shape index (κ2) is 5.79. The van der Waals surface area contributed by atoms with E-state index in [-0.39, 0.29) is 17.0 Å². The van der Waals surface area contributed by atoms with Crippen LogP contribution >= 0.6 is 0 Å². The van der Waals surface area contributed by atoms with Crippen LogP contribution in [-0.4, -0.2) is 36.9 Å². The van der Waals surface area contributed by atoms with E-state index in [0.29, 0.717) is 0 Å². The topological polar surface area (TPSA) is 84.6 Å². The molecule has 0 aliphatic heterocycles. The lowest BCUT2D eigenvalue weighted by molar-refractivity contribution is -0.201. The fourth-order valence-corrected chi connectivity index (χ4v) is 1.32. The fraction of sp³-hybridized carbons (Fsp3) is 0.364. The molecular formula is C11H13F3N2O3. The van der Waals surface area contributed by atoms with Crippen molar-refractivity contribution in [1.29, 1.82) is 0 Å². The first-order valence-corrected chi connectivity index (χ1v) is 5.22. The Kier molecular flexibility index (Phi) is 4.60. The molecule has 4 N–H and O–H groups in total. The normalized spacial score (nSPS) is 12.9. The molecule has 1 atom stereocenters. The van der Waals surface area contributed by atoms with Gasteiger partial charge in [-0.3, -0.25) is 4.79 Å². The summed E-state index contributed by atoms with van der Waals surface area (Å²) in [5.41, 5.74) is 5.61. The smallest absolute Gasteiger partial charge is 0.416 e. The van der Waals surface area contributed by atoms with E-state index < -0.39 is 24.7 Å². The highest BCUT2D eigenvalue weighted by Crippen LogP contribution is 2.24. The molecule has 1 amide bonds. The van der Waals surface area contributed by atoms with Crippen LogP contribution in [0.3, 0.4) is 0 Å². The molecule has 0 spiro atoms. The number of nitrogens with one attached hydrogen (secondary N) is 1. The Hall–Kier alpha value is -1.96. The maximum absolute atomic E-state index is 12.1. The van der Waals surface area contributed by atoms with Gasteiger partial charge in [0.2, 0.25) is 0 Å². The van der Waals surface area contributed by atoms with E-state index >= 15 is 0 Å². The van der Waals surface area contributed by atoms with Crippen molar-refractivity contribution in [2.75, 3.05) is 19.4 Å². The summed E-state index contributed by atoms with van der Waals surface area (Å²) in [6.45, 7) is -0.945. The van der Waals surface area contributed by atoms with E-state index in [1.807, 2.05) is 5.32 Å². The van der Waals surface area contributed by atoms with Gasteiger partial charge in [0.05, 0.1) is 24.9 Å². The van der Waals surface area contributed by atoms with Crippen LogP contribution in [-0.2, 0) is 0 Å². The van der Waals surface area contributed by atoms with Crippen LogP contribution in [0.25, 0.3) is 0 Å². The average molecular weight is 278 g/mol. The van der Waals surface area contributed by atoms with E-state index in [1.54, 1.807) is 0 Å². The summed E-state index contributed by atoms with van der Waals surface area (Å²) in [5, 5.41) is 10.7. The first kappa shape index (κ1) is 15.1. The number of carbonyl (C=O) groups is 1. The van der Waals surface area contributed by atoms with Crippen molar-refractivity contribution in [1.82, 2.24) is 5.32 Å². The molecule has 0 aliphatic carbocycles. The lowest BCUT2D eigenvalue weighted by Gasteiger charge is -2.15. The minimum atomic E-state index is -4.78. The average Bonchev–Trinajstić information content (AvgIpc) is 2.34. The van der Waals surface area contributed by atoms with Crippen LogP contribution in [0.1, 0.15) is 10.4 Å². The van der Waals surface area contributed by atoms with Crippen LogP contribution < -0.4 is 15.8 Å². The summed E-state index contributed by atoms with van der Waals surface area (Å²) in [6.07, 6.45) is -7.41. The van der Waals surface area contributed by atoms with Crippen LogP contribution in [0, 0.1) is 0 Å². The molecule has 0 saturated heterocycles. The van der Waals surface area contributed by atoms with Crippen molar-refractivity contribution in [3.8, 4) is 5.75 Å². The molecule has 8 heteroatoms. The number of para-hydroxylation sites is 1. The van der Waals surface area contributed by atoms with Gasteiger partial charge in [0.25, 0.3) is 5.91 Å². The van der Waals surface area contributed by atoms with Gasteiger partial charge in [-0.1, -0.05) is 6.07 Å². The van der Waals surface area contributed by atoms with Crippen LogP contribution in [0.2, 0.25) is 0 Å². The molecule has 0 aromatic heterocycles. The highest BCUT2D eigenvalue weighted by Gasteiger charge is 2.38. The van der Waals surface area contributed by atoms with E-state index in [0.717, 1.165) is 0 Å². The molecule has 0 radical (unpaired) electrons. The number of alkyl halides is 3. The van der Waals surface area contributed by atoms with Crippen molar-refractivity contribution in [3.63, 3.8) is 0 Å². The molecule has 1 unspecified atom stereocenters. The summed E-state index contributed by atoms with van der Waals surface area (Å²) in [5.74, 6) is -0.580. The Balaban J connectivity index is 2.75. The first-order chi connectivity index (χ1) is 8.77. The number of carbonyl (C=O) groups excluding carboxylic acids is 1. The number of nitrogens with two attached hydrogens (primary N) is 1. The number of benzene rings is 1. The van der Waals surface area contributed by atoms with Crippen molar-refractivity contribution in [2.24, 2.45) is 0 Å². The number of amides is 1. The summed E-state index contributed by atoms with van der Waals surface area (Å²) >= 11 is 0. The number of nitrogen functional groups attached to an aromatic ring is 1. The van der Waals surface area contributed by atoms with Crippen LogP contribution in [0.4, 0.5) is 18.9 Å². The number of halogens is 3. The Labute approximate surface area is 107 Å². The summed E-state index contributed by atoms with van der Waals surface area (Å²) in [4.78, 5) is 11.6. The molecule has 0 heterocycles. The van der Waals surface area contributed by atoms with Gasteiger partial charge in [-0.25, -0.2) is 0 Å². The third-order valence-electron chi connectivity index (χ3n) is 2.36. The maximum atomic E-state index is 12.1. The number of methoxy groups -OCH3 is 1. The second-order valence-corrected chi connectivity index (χ2v) is 3.69. The largest absolute Gasteiger partial charge is 0.495 e. The molecule has 0 fully saturated rings. The summed E-state index contributed by atoms with van der Waals surface area (Å²) in [7, 11) is 1.35. The number of rotatable bonds is 4. The third kappa shape index (κ3) is 3.75. The molecule has 1 rings (SSSR count). The lowest BCUT2D eigenvalue weighted by atomic mass is 10.1. The third-order valence-corrected chi connectivity index (χ3v) is 2.36. The number of aliphatic hydroxyl groups excluding tert-OH is 1. The van der Waals surface area contributed by atoms with Gasteiger partial charge >= 0.3 is 6.18 Å². The molecule has 1 aromatic carbocycles. The summed E-state index contributed by atoms with van der Waals surface area (Å²) in [6, 6.07) is 4.33. The Morgan fingerprint density at radius 3 is 2.68 bits per heavy atom. The van der Waals surface area contributed by atoms with E-state index in [4.69, 9.17) is 15.6 Å². The number of anilines is 1. The molecule has 0 saturated carbocycles. The first-order valence-electron chi connectivity index (χ1n) is 5.22. The molecular weight excluding hydrogens is 265 g/mol. The SMILES string of the molecule is COc1cccc(C(=O)NCC(O)C(F)(F)F)c1N. The highest BCUT2D eigenvalue weighted by atomic mass is 19.4. The van der Waals surface area contributed by atoms with Gasteiger partial charge in [-0.15, -0.1) is 0 Å². The molecule has 19 heavy (non-hydrogen) atoms. The van der Waals surface area contributed by atoms with E-state index in [1.165, 1.54) is 25.3 Å². The zero-order chi connectivity index (χ0) is 14.6. The second-order valence-electron chi connectivity index (χ2n) is 3.69. The number of hydrogen-bond acceptors (Lipinski definition) is 4. The minimum Gasteiger partial charge on any atom is -0.495 e. The van der Waals surface area contributed by atoms with Crippen molar-refractivity contribution < 1.29 is 27.8 Å². The monoisotopic (exact) mass is 278 g/mol. The van der Waals surface area contributed by atoms with Gasteiger partial charge in [0.15, 0.2) is 6.10 Å². The predicted octanol–water partition coefficient (Wildman–Crippen LogP) is 0.930. The molecule has 106 valence electrons. The Morgan fingerprint density at radius 2 is 2.16 bits per heavy atom. The van der Waals surface area contributed by atoms with E-state index in [2.05, 4.69) is 0 Å². The molecule has 0 aliphatic rings. The fourth-order valence-electron chi connectivity index (χ4n) is 1.32. The van der Waals surface area contributed by atoms with Crippen molar-refractivity contribution in [2.45, 2.75) is 12.3 Å². The quantitative estimate of drug-likeness (QED) is 0.715. The highest BCUT2D eigenvalue weighted by molar-refractivity contribution is 6.00. The molecule has 0 bridgehead atoms. The molecule has 5 nitrogen and oxygen atoms in total. The number of aliphatic hydroxyl groups is 1. The number of ether oxygens (including phenoxy) is 1. The van der Waals surface area contributed by atoms with Gasteiger partial charge in [-0.2, -0.15) is 13.2 Å². The molecule has 1 aromatic rings. The predicted molar refractivity (Wildman–Crippen MR) is 61.8 cm³/mol. The van der Waals surface area contributed by atoms with E-state index in [9.17, 15) is 18.0 Å². The van der Waals surface area contributed by atoms with Crippen molar-refractivity contribution in [3.05, 3.63) is 23.8 Å². The number of hydrogen-bond donors (Lipinski definition) is 3. The van der Waals surface area contributed by atoms with Gasteiger partial charge in [-0.05, 0) is 12.1 Å². The van der Waals surface area contributed by atoms with Gasteiger partial charge in [0, 0.05) is 0 Å². The lowest BCUT2D eigenvalue weighted by Crippen LogP contribution is -2.40. The minimum absolute atomic E-state index is 0.0176. The van der Waals surface area contributed by atoms with Crippen LogP contribution in [0.5, 0.6) is 5.75 Å². The van der Waals surface area contributed by atoms with Gasteiger partial charge < -0.3 is 20.9 Å². The van der Waals surface area contributed by atoms with Gasteiger partial charge in [0.1, 0.15) is 5.75 Å². The standard InChI is InChI=1S/C11H13F3N2O3/c1-19-7-4-2-3-6(9(7)15)10(18)16-5-8(17)11(12,13)14/h2-4,8,17H,5,15H2,1H3,(H,16,18). The zero-order valence-corrected chi connectivity index (χ0v) is 9.99. The van der Waals surface area contributed by atoms with Crippen molar-refractivity contribution >= 4 is 11.6 Å².